The van der Waals surface area contributed by atoms with Gasteiger partial charge in [0.15, 0.2) is 0 Å². The van der Waals surface area contributed by atoms with E-state index in [-0.39, 0.29) is 0 Å². The van der Waals surface area contributed by atoms with Gasteiger partial charge in [0.2, 0.25) is 0 Å². The molecule has 2 aromatic carbocycles. The molecular formula is C17H20NO4P. The zero-order valence-corrected chi connectivity index (χ0v) is 13.6. The van der Waals surface area contributed by atoms with Gasteiger partial charge >= 0.3 is 7.82 Å². The summed E-state index contributed by atoms with van der Waals surface area (Å²) in [6, 6.07) is 17.4. The summed E-state index contributed by atoms with van der Waals surface area (Å²) in [6.45, 7) is 6.78. The molecule has 0 atom stereocenters. The summed E-state index contributed by atoms with van der Waals surface area (Å²) in [5.74, 6) is 0. The average molecular weight is 333 g/mol. The minimum absolute atomic E-state index is 0.933. The van der Waals surface area contributed by atoms with Crippen molar-refractivity contribution in [2.24, 2.45) is 0 Å². The smallest absolute Gasteiger partial charge is 0.303 e. The van der Waals surface area contributed by atoms with E-state index in [9.17, 15) is 0 Å². The summed E-state index contributed by atoms with van der Waals surface area (Å²) >= 11 is 0. The molecule has 5 nitrogen and oxygen atoms in total. The van der Waals surface area contributed by atoms with E-state index in [0.29, 0.717) is 0 Å². The largest absolute Gasteiger partial charge is 0.466 e. The molecule has 2 aromatic rings. The van der Waals surface area contributed by atoms with Crippen molar-refractivity contribution < 1.29 is 19.2 Å². The van der Waals surface area contributed by atoms with Gasteiger partial charge in [0.05, 0.1) is 0 Å². The predicted molar refractivity (Wildman–Crippen MR) is 90.5 cm³/mol. The lowest BCUT2D eigenvalue weighted by Crippen LogP contribution is -2.21. The van der Waals surface area contributed by atoms with Crippen molar-refractivity contribution in [1.29, 1.82) is 0 Å². The van der Waals surface area contributed by atoms with Gasteiger partial charge in [0.25, 0.3) is 0 Å². The number of nitrogens with zero attached hydrogens (tertiary/aromatic N) is 1. The van der Waals surface area contributed by atoms with E-state index in [1.807, 2.05) is 6.08 Å². The number of hydrogen-bond acceptors (Lipinski definition) is 2. The fourth-order valence-corrected chi connectivity index (χ4v) is 2.69. The third kappa shape index (κ3) is 5.43. The molecule has 0 spiro atoms. The van der Waals surface area contributed by atoms with Crippen LogP contribution in [0.2, 0.25) is 0 Å². The quantitative estimate of drug-likeness (QED) is 0.581. The fraction of sp³-hybridized carbons (Fsp3) is 0.176. The predicted octanol–water partition coefficient (Wildman–Crippen LogP) is 2.93. The number of fused-ring (bicyclic) bond motifs is 3. The van der Waals surface area contributed by atoms with E-state index in [0.717, 1.165) is 19.6 Å². The second kappa shape index (κ2) is 7.68. The van der Waals surface area contributed by atoms with E-state index in [1.54, 1.807) is 0 Å². The molecule has 0 aliphatic carbocycles. The molecule has 0 unspecified atom stereocenters. The zero-order valence-electron chi connectivity index (χ0n) is 12.7. The monoisotopic (exact) mass is 333 g/mol. The molecule has 3 N–H and O–H groups in total. The van der Waals surface area contributed by atoms with Crippen molar-refractivity contribution in [2.75, 3.05) is 6.54 Å². The maximum atomic E-state index is 8.88. The fourth-order valence-electron chi connectivity index (χ4n) is 2.69. The van der Waals surface area contributed by atoms with Crippen LogP contribution in [0.4, 0.5) is 0 Å². The second-order valence-corrected chi connectivity index (χ2v) is 6.31. The van der Waals surface area contributed by atoms with Gasteiger partial charge in [-0.1, -0.05) is 54.6 Å². The molecule has 3 rings (SSSR count). The van der Waals surface area contributed by atoms with Crippen LogP contribution in [0, 0.1) is 0 Å². The molecule has 0 fully saturated rings. The summed E-state index contributed by atoms with van der Waals surface area (Å²) in [7, 11) is -4.64. The van der Waals surface area contributed by atoms with Crippen LogP contribution < -0.4 is 0 Å². The molecule has 0 aromatic heterocycles. The van der Waals surface area contributed by atoms with E-state index < -0.39 is 7.82 Å². The molecule has 1 aliphatic rings. The number of phosphoric acid groups is 1. The zero-order chi connectivity index (χ0) is 16.9. The van der Waals surface area contributed by atoms with Gasteiger partial charge in [-0.05, 0) is 22.3 Å². The van der Waals surface area contributed by atoms with Gasteiger partial charge in [0.1, 0.15) is 0 Å². The Balaban J connectivity index is 0.000000338. The second-order valence-electron chi connectivity index (χ2n) is 5.29. The maximum absolute atomic E-state index is 8.88. The van der Waals surface area contributed by atoms with Gasteiger partial charge in [0, 0.05) is 19.6 Å². The van der Waals surface area contributed by atoms with E-state index in [1.165, 1.54) is 22.3 Å². The first-order chi connectivity index (χ1) is 10.9. The van der Waals surface area contributed by atoms with Crippen molar-refractivity contribution in [3.05, 3.63) is 72.3 Å². The van der Waals surface area contributed by atoms with Crippen molar-refractivity contribution in [1.82, 2.24) is 4.90 Å². The minimum atomic E-state index is -4.64. The third-order valence-corrected chi connectivity index (χ3v) is 3.50. The number of benzene rings is 2. The Morgan fingerprint density at radius 2 is 1.35 bits per heavy atom. The van der Waals surface area contributed by atoms with Gasteiger partial charge in [-0.25, -0.2) is 4.57 Å². The number of hydrogen-bond donors (Lipinski definition) is 3. The molecule has 1 aliphatic heterocycles. The Labute approximate surface area is 135 Å². The van der Waals surface area contributed by atoms with Crippen LogP contribution in [0.15, 0.2) is 61.2 Å². The number of rotatable bonds is 2. The molecule has 0 bridgehead atoms. The molecule has 1 heterocycles. The maximum Gasteiger partial charge on any atom is 0.466 e. The molecular weight excluding hydrogens is 313 g/mol. The van der Waals surface area contributed by atoms with Crippen LogP contribution in [0.3, 0.4) is 0 Å². The summed E-state index contributed by atoms with van der Waals surface area (Å²) in [4.78, 5) is 24.0. The molecule has 0 amide bonds. The third-order valence-electron chi connectivity index (χ3n) is 3.50. The molecule has 0 radical (unpaired) electrons. The Morgan fingerprint density at radius 1 is 0.957 bits per heavy atom. The average Bonchev–Trinajstić information content (AvgIpc) is 2.62. The van der Waals surface area contributed by atoms with Crippen molar-refractivity contribution >= 4 is 7.82 Å². The van der Waals surface area contributed by atoms with Gasteiger partial charge in [-0.3, -0.25) is 4.90 Å². The van der Waals surface area contributed by atoms with Crippen LogP contribution in [0.25, 0.3) is 11.1 Å². The first-order valence-corrected chi connectivity index (χ1v) is 8.72. The van der Waals surface area contributed by atoms with Gasteiger partial charge in [-0.15, -0.1) is 6.58 Å². The first-order valence-electron chi connectivity index (χ1n) is 7.16. The molecule has 122 valence electrons. The van der Waals surface area contributed by atoms with E-state index >= 15 is 0 Å². The van der Waals surface area contributed by atoms with Crippen LogP contribution in [-0.4, -0.2) is 26.1 Å². The summed E-state index contributed by atoms with van der Waals surface area (Å²) in [5.41, 5.74) is 5.56. The summed E-state index contributed by atoms with van der Waals surface area (Å²) < 4.78 is 8.88. The molecule has 6 heteroatoms. The highest BCUT2D eigenvalue weighted by molar-refractivity contribution is 7.45. The molecule has 0 saturated carbocycles. The topological polar surface area (TPSA) is 81.0 Å². The normalized spacial score (nSPS) is 13.9. The highest BCUT2D eigenvalue weighted by Gasteiger charge is 2.17. The Bertz CT molecular complexity index is 670. The van der Waals surface area contributed by atoms with Crippen LogP contribution in [0.1, 0.15) is 11.1 Å². The lowest BCUT2D eigenvalue weighted by Gasteiger charge is -2.18. The highest BCUT2D eigenvalue weighted by atomic mass is 31.2. The van der Waals surface area contributed by atoms with Gasteiger partial charge < -0.3 is 14.7 Å². The summed E-state index contributed by atoms with van der Waals surface area (Å²) in [6.07, 6.45) is 1.98. The van der Waals surface area contributed by atoms with Crippen molar-refractivity contribution in [3.63, 3.8) is 0 Å². The van der Waals surface area contributed by atoms with Crippen LogP contribution in [-0.2, 0) is 17.7 Å². The molecule has 23 heavy (non-hydrogen) atoms. The Hall–Kier alpha value is -1.75. The van der Waals surface area contributed by atoms with E-state index in [4.69, 9.17) is 19.2 Å². The van der Waals surface area contributed by atoms with Crippen LogP contribution >= 0.6 is 7.82 Å². The van der Waals surface area contributed by atoms with Crippen molar-refractivity contribution in [2.45, 2.75) is 13.1 Å². The lowest BCUT2D eigenvalue weighted by molar-refractivity contribution is 0.275. The summed E-state index contributed by atoms with van der Waals surface area (Å²) in [5, 5.41) is 0. The minimum Gasteiger partial charge on any atom is -0.303 e. The first kappa shape index (κ1) is 17.6. The standard InChI is InChI=1S/C17H17N.H3O4P/c1-2-11-18-12-14-7-3-5-9-16(14)17-10-6-4-8-15(17)13-18;1-5(2,3)4/h2-10H,1,11-13H2;(H3,1,2,3,4). The van der Waals surface area contributed by atoms with E-state index in [2.05, 4.69) is 60.0 Å². The molecule has 0 saturated heterocycles. The van der Waals surface area contributed by atoms with Crippen LogP contribution in [0.5, 0.6) is 0 Å². The lowest BCUT2D eigenvalue weighted by atomic mass is 9.97. The SMILES string of the molecule is C=CCN1Cc2ccccc2-c2ccccc2C1.O=P(O)(O)O. The van der Waals surface area contributed by atoms with Gasteiger partial charge in [-0.2, -0.15) is 0 Å². The Morgan fingerprint density at radius 3 is 1.74 bits per heavy atom. The Kier molecular flexibility index (Phi) is 5.88. The van der Waals surface area contributed by atoms with Crippen molar-refractivity contribution in [3.8, 4) is 11.1 Å². The highest BCUT2D eigenvalue weighted by Crippen LogP contribution is 2.32.